The Labute approximate surface area is 133 Å². The molecule has 5 nitrogen and oxygen atoms in total. The summed E-state index contributed by atoms with van der Waals surface area (Å²) in [6, 6.07) is 0. The molecule has 0 unspecified atom stereocenters. The Hall–Kier alpha value is -1.43. The summed E-state index contributed by atoms with van der Waals surface area (Å²) in [6.45, 7) is 1.86. The Morgan fingerprint density at radius 1 is 1.14 bits per heavy atom. The second-order valence-electron chi connectivity index (χ2n) is 7.40. The summed E-state index contributed by atoms with van der Waals surface area (Å²) in [5, 5.41) is 8.02. The minimum Gasteiger partial charge on any atom is -0.342 e. The van der Waals surface area contributed by atoms with E-state index in [0.29, 0.717) is 5.13 Å². The Balaban J connectivity index is 1.42. The van der Waals surface area contributed by atoms with Crippen LogP contribution in [0.4, 0.5) is 5.13 Å². The summed E-state index contributed by atoms with van der Waals surface area (Å²) in [7, 11) is 0. The number of carbonyl (C=O) groups is 2. The van der Waals surface area contributed by atoms with E-state index in [2.05, 4.69) is 15.6 Å². The van der Waals surface area contributed by atoms with Crippen LogP contribution < -0.4 is 10.6 Å². The quantitative estimate of drug-likeness (QED) is 0.823. The molecule has 0 saturated heterocycles. The van der Waals surface area contributed by atoms with Crippen molar-refractivity contribution in [3.05, 3.63) is 11.1 Å². The third-order valence-electron chi connectivity index (χ3n) is 5.46. The normalized spacial score (nSPS) is 35.4. The van der Waals surface area contributed by atoms with E-state index >= 15 is 0 Å². The number of nitrogens with zero attached hydrogens (tertiary/aromatic N) is 1. The molecule has 118 valence electrons. The van der Waals surface area contributed by atoms with Crippen LogP contribution in [0.5, 0.6) is 0 Å². The van der Waals surface area contributed by atoms with Crippen LogP contribution in [0.3, 0.4) is 0 Å². The van der Waals surface area contributed by atoms with Gasteiger partial charge in [-0.1, -0.05) is 0 Å². The van der Waals surface area contributed by atoms with Crippen molar-refractivity contribution < 1.29 is 9.59 Å². The molecule has 0 aromatic carbocycles. The van der Waals surface area contributed by atoms with Gasteiger partial charge in [-0.2, -0.15) is 0 Å². The molecule has 1 heterocycles. The van der Waals surface area contributed by atoms with E-state index in [1.807, 2.05) is 12.3 Å². The minimum absolute atomic E-state index is 0.123. The van der Waals surface area contributed by atoms with Crippen molar-refractivity contribution in [3.8, 4) is 0 Å². The summed E-state index contributed by atoms with van der Waals surface area (Å²) < 4.78 is 0. The predicted octanol–water partition coefficient (Wildman–Crippen LogP) is 2.48. The van der Waals surface area contributed by atoms with Gasteiger partial charge in [0.1, 0.15) is 0 Å². The molecule has 4 bridgehead atoms. The number of amides is 2. The van der Waals surface area contributed by atoms with Crippen LogP contribution in [0.2, 0.25) is 0 Å². The third-order valence-corrected chi connectivity index (χ3v) is 6.34. The molecular formula is C16H21N3O2S. The lowest BCUT2D eigenvalue weighted by Gasteiger charge is -2.56. The van der Waals surface area contributed by atoms with Gasteiger partial charge in [0.2, 0.25) is 0 Å². The van der Waals surface area contributed by atoms with Gasteiger partial charge in [0, 0.05) is 10.9 Å². The maximum absolute atomic E-state index is 12.3. The highest BCUT2D eigenvalue weighted by Crippen LogP contribution is 2.55. The van der Waals surface area contributed by atoms with Crippen molar-refractivity contribution in [1.29, 1.82) is 0 Å². The van der Waals surface area contributed by atoms with Crippen LogP contribution in [-0.2, 0) is 9.59 Å². The van der Waals surface area contributed by atoms with E-state index in [0.717, 1.165) is 42.7 Å². The molecule has 2 amide bonds. The number of thiazole rings is 1. The highest BCUT2D eigenvalue weighted by Gasteiger charge is 2.51. The number of aromatic nitrogens is 1. The van der Waals surface area contributed by atoms with Crippen LogP contribution in [0.15, 0.2) is 5.38 Å². The highest BCUT2D eigenvalue weighted by molar-refractivity contribution is 7.14. The summed E-state index contributed by atoms with van der Waals surface area (Å²) in [4.78, 5) is 28.5. The van der Waals surface area contributed by atoms with E-state index in [4.69, 9.17) is 0 Å². The Morgan fingerprint density at radius 3 is 2.23 bits per heavy atom. The summed E-state index contributed by atoms with van der Waals surface area (Å²) >= 11 is 1.34. The van der Waals surface area contributed by atoms with E-state index in [-0.39, 0.29) is 5.54 Å². The SMILES string of the molecule is Cc1csc(NC(=O)C(=O)NC23CC4CC(CC(C4)C2)C3)n1. The van der Waals surface area contributed by atoms with Crippen molar-refractivity contribution in [3.63, 3.8) is 0 Å². The number of nitrogens with one attached hydrogen (secondary N) is 2. The first kappa shape index (κ1) is 14.2. The number of rotatable bonds is 2. The van der Waals surface area contributed by atoms with E-state index < -0.39 is 11.8 Å². The molecule has 4 aliphatic carbocycles. The van der Waals surface area contributed by atoms with Crippen LogP contribution in [-0.4, -0.2) is 22.3 Å². The van der Waals surface area contributed by atoms with Crippen LogP contribution >= 0.6 is 11.3 Å². The maximum atomic E-state index is 12.3. The fourth-order valence-corrected chi connectivity index (χ4v) is 5.81. The molecule has 0 aliphatic heterocycles. The van der Waals surface area contributed by atoms with Gasteiger partial charge in [0.05, 0.1) is 5.69 Å². The van der Waals surface area contributed by atoms with Gasteiger partial charge < -0.3 is 5.32 Å². The third kappa shape index (κ3) is 2.53. The van der Waals surface area contributed by atoms with E-state index in [9.17, 15) is 9.59 Å². The Morgan fingerprint density at radius 2 is 1.73 bits per heavy atom. The molecule has 4 fully saturated rings. The second-order valence-corrected chi connectivity index (χ2v) is 8.26. The summed E-state index contributed by atoms with van der Waals surface area (Å²) in [5.41, 5.74) is 0.726. The maximum Gasteiger partial charge on any atom is 0.315 e. The molecule has 0 atom stereocenters. The number of hydrogen-bond acceptors (Lipinski definition) is 4. The number of hydrogen-bond donors (Lipinski definition) is 2. The van der Waals surface area contributed by atoms with Crippen molar-refractivity contribution in [2.45, 2.75) is 51.0 Å². The standard InChI is InChI=1S/C16H21N3O2S/c1-9-8-22-15(17-9)18-13(20)14(21)19-16-5-10-2-11(6-16)4-12(3-10)7-16/h8,10-12H,2-7H2,1H3,(H,19,21)(H,17,18,20). The predicted molar refractivity (Wildman–Crippen MR) is 84.5 cm³/mol. The average molecular weight is 319 g/mol. The van der Waals surface area contributed by atoms with Gasteiger partial charge in [0.25, 0.3) is 0 Å². The topological polar surface area (TPSA) is 71.1 Å². The lowest BCUT2D eigenvalue weighted by Crippen LogP contribution is -2.61. The average Bonchev–Trinajstić information content (AvgIpc) is 2.81. The first-order valence-electron chi connectivity index (χ1n) is 8.07. The molecule has 4 aliphatic rings. The molecule has 1 aromatic heterocycles. The molecule has 6 heteroatoms. The zero-order valence-electron chi connectivity index (χ0n) is 12.7. The van der Waals surface area contributed by atoms with Crippen LogP contribution in [0.1, 0.15) is 44.2 Å². The molecule has 0 radical (unpaired) electrons. The lowest BCUT2D eigenvalue weighted by atomic mass is 9.53. The van der Waals surface area contributed by atoms with Crippen molar-refractivity contribution in [2.24, 2.45) is 17.8 Å². The van der Waals surface area contributed by atoms with Crippen molar-refractivity contribution >= 4 is 28.3 Å². The summed E-state index contributed by atoms with van der Waals surface area (Å²) in [5.74, 6) is 1.14. The fourth-order valence-electron chi connectivity index (χ4n) is 5.13. The smallest absolute Gasteiger partial charge is 0.315 e. The molecule has 22 heavy (non-hydrogen) atoms. The second kappa shape index (κ2) is 5.05. The first-order chi connectivity index (χ1) is 10.5. The van der Waals surface area contributed by atoms with Gasteiger partial charge in [-0.05, 0) is 63.2 Å². The lowest BCUT2D eigenvalue weighted by molar-refractivity contribution is -0.139. The van der Waals surface area contributed by atoms with Crippen LogP contribution in [0.25, 0.3) is 0 Å². The number of anilines is 1. The van der Waals surface area contributed by atoms with Crippen LogP contribution in [0, 0.1) is 24.7 Å². The molecule has 1 aromatic rings. The molecule has 5 rings (SSSR count). The van der Waals surface area contributed by atoms with Gasteiger partial charge in [0.15, 0.2) is 5.13 Å². The number of carbonyl (C=O) groups excluding carboxylic acids is 2. The van der Waals surface area contributed by atoms with Crippen molar-refractivity contribution in [2.75, 3.05) is 5.32 Å². The van der Waals surface area contributed by atoms with Gasteiger partial charge in [-0.25, -0.2) is 4.98 Å². The van der Waals surface area contributed by atoms with Gasteiger partial charge in [-0.15, -0.1) is 11.3 Å². The zero-order valence-corrected chi connectivity index (χ0v) is 13.5. The Kier molecular flexibility index (Phi) is 3.25. The highest BCUT2D eigenvalue weighted by atomic mass is 32.1. The van der Waals surface area contributed by atoms with E-state index in [1.165, 1.54) is 30.6 Å². The first-order valence-corrected chi connectivity index (χ1v) is 8.95. The monoisotopic (exact) mass is 319 g/mol. The van der Waals surface area contributed by atoms with E-state index in [1.54, 1.807) is 0 Å². The zero-order chi connectivity index (χ0) is 15.3. The van der Waals surface area contributed by atoms with Gasteiger partial charge in [-0.3, -0.25) is 14.9 Å². The molecule has 4 saturated carbocycles. The molecular weight excluding hydrogens is 298 g/mol. The van der Waals surface area contributed by atoms with Gasteiger partial charge >= 0.3 is 11.8 Å². The molecule has 0 spiro atoms. The minimum atomic E-state index is -0.593. The fraction of sp³-hybridized carbons (Fsp3) is 0.688. The largest absolute Gasteiger partial charge is 0.342 e. The number of aryl methyl sites for hydroxylation is 1. The van der Waals surface area contributed by atoms with Crippen molar-refractivity contribution in [1.82, 2.24) is 10.3 Å². The summed E-state index contributed by atoms with van der Waals surface area (Å²) in [6.07, 6.45) is 7.11. The Bertz CT molecular complexity index is 589. The molecule has 2 N–H and O–H groups in total.